The SMILES string of the molecule is Cn1ncc2c(=O)n(Cc3cc(F)ccc3Cl)nnc21. The number of halogens is 2. The Morgan fingerprint density at radius 1 is 1.40 bits per heavy atom. The number of fused-ring (bicyclic) bond motifs is 1. The van der Waals surface area contributed by atoms with Crippen molar-refractivity contribution in [3.63, 3.8) is 0 Å². The second-order valence-corrected chi connectivity index (χ2v) is 4.70. The third-order valence-electron chi connectivity index (χ3n) is 2.95. The molecule has 0 amide bonds. The Labute approximate surface area is 117 Å². The zero-order chi connectivity index (χ0) is 14.3. The fourth-order valence-electron chi connectivity index (χ4n) is 1.91. The van der Waals surface area contributed by atoms with E-state index in [4.69, 9.17) is 11.6 Å². The van der Waals surface area contributed by atoms with E-state index in [-0.39, 0.29) is 12.1 Å². The molecule has 0 spiro atoms. The predicted octanol–water partition coefficient (Wildman–Crippen LogP) is 1.37. The first-order chi connectivity index (χ1) is 9.56. The van der Waals surface area contributed by atoms with Gasteiger partial charge in [-0.2, -0.15) is 5.10 Å². The van der Waals surface area contributed by atoms with E-state index in [1.807, 2.05) is 0 Å². The lowest BCUT2D eigenvalue weighted by molar-refractivity contribution is 0.586. The monoisotopic (exact) mass is 293 g/mol. The van der Waals surface area contributed by atoms with Gasteiger partial charge in [-0.3, -0.25) is 4.79 Å². The van der Waals surface area contributed by atoms with Crippen LogP contribution in [-0.4, -0.2) is 24.8 Å². The van der Waals surface area contributed by atoms with Crippen molar-refractivity contribution in [3.05, 3.63) is 51.2 Å². The molecule has 0 bridgehead atoms. The van der Waals surface area contributed by atoms with Crippen molar-refractivity contribution in [2.75, 3.05) is 0 Å². The quantitative estimate of drug-likeness (QED) is 0.716. The summed E-state index contributed by atoms with van der Waals surface area (Å²) in [6.07, 6.45) is 1.43. The zero-order valence-corrected chi connectivity index (χ0v) is 11.2. The molecule has 0 atom stereocenters. The molecule has 0 unspecified atom stereocenters. The average molecular weight is 294 g/mol. The van der Waals surface area contributed by atoms with Crippen molar-refractivity contribution in [1.82, 2.24) is 24.8 Å². The van der Waals surface area contributed by atoms with Gasteiger partial charge in [-0.25, -0.2) is 13.8 Å². The van der Waals surface area contributed by atoms with Gasteiger partial charge in [0.05, 0.1) is 12.7 Å². The maximum Gasteiger partial charge on any atom is 0.281 e. The Kier molecular flexibility index (Phi) is 2.98. The van der Waals surface area contributed by atoms with Crippen LogP contribution in [0.3, 0.4) is 0 Å². The minimum atomic E-state index is -0.423. The van der Waals surface area contributed by atoms with Crippen molar-refractivity contribution in [2.45, 2.75) is 6.54 Å². The molecule has 102 valence electrons. The van der Waals surface area contributed by atoms with Crippen LogP contribution in [0.5, 0.6) is 0 Å². The summed E-state index contributed by atoms with van der Waals surface area (Å²) < 4.78 is 15.8. The largest absolute Gasteiger partial charge is 0.281 e. The van der Waals surface area contributed by atoms with E-state index in [1.165, 1.54) is 29.1 Å². The summed E-state index contributed by atoms with van der Waals surface area (Å²) in [5, 5.41) is 12.4. The fourth-order valence-corrected chi connectivity index (χ4v) is 2.08. The van der Waals surface area contributed by atoms with Crippen molar-refractivity contribution in [3.8, 4) is 0 Å². The van der Waals surface area contributed by atoms with Gasteiger partial charge in [0.25, 0.3) is 5.56 Å². The van der Waals surface area contributed by atoms with Crippen molar-refractivity contribution in [1.29, 1.82) is 0 Å². The molecule has 1 aromatic carbocycles. The molecule has 2 heterocycles. The molecule has 3 rings (SSSR count). The summed E-state index contributed by atoms with van der Waals surface area (Å²) >= 11 is 5.97. The smallest absolute Gasteiger partial charge is 0.267 e. The Hall–Kier alpha value is -2.28. The molecule has 0 N–H and O–H groups in total. The minimum Gasteiger partial charge on any atom is -0.267 e. The molecule has 0 aliphatic rings. The predicted molar refractivity (Wildman–Crippen MR) is 71.1 cm³/mol. The number of hydrogen-bond acceptors (Lipinski definition) is 4. The molecule has 3 aromatic rings. The van der Waals surface area contributed by atoms with Gasteiger partial charge >= 0.3 is 0 Å². The third kappa shape index (κ3) is 2.05. The van der Waals surface area contributed by atoms with Crippen LogP contribution in [0.15, 0.2) is 29.2 Å². The molecule has 0 aliphatic heterocycles. The van der Waals surface area contributed by atoms with Crippen LogP contribution in [0.2, 0.25) is 5.02 Å². The van der Waals surface area contributed by atoms with Gasteiger partial charge in [-0.05, 0) is 23.8 Å². The average Bonchev–Trinajstić information content (AvgIpc) is 2.79. The molecule has 6 nitrogen and oxygen atoms in total. The van der Waals surface area contributed by atoms with Gasteiger partial charge < -0.3 is 0 Å². The number of aromatic nitrogens is 5. The molecule has 2 aromatic heterocycles. The van der Waals surface area contributed by atoms with Crippen LogP contribution >= 0.6 is 11.6 Å². The van der Waals surface area contributed by atoms with Crippen molar-refractivity contribution in [2.24, 2.45) is 7.05 Å². The van der Waals surface area contributed by atoms with Gasteiger partial charge in [0.1, 0.15) is 11.2 Å². The van der Waals surface area contributed by atoms with Crippen molar-refractivity contribution >= 4 is 22.6 Å². The molecule has 0 fully saturated rings. The Morgan fingerprint density at radius 2 is 2.20 bits per heavy atom. The molecule has 0 radical (unpaired) electrons. The Morgan fingerprint density at radius 3 is 3.00 bits per heavy atom. The van der Waals surface area contributed by atoms with Crippen LogP contribution < -0.4 is 5.56 Å². The molecular weight excluding hydrogens is 285 g/mol. The molecule has 8 heteroatoms. The van der Waals surface area contributed by atoms with E-state index in [9.17, 15) is 9.18 Å². The minimum absolute atomic E-state index is 0.0489. The standard InChI is InChI=1S/C12H9ClFN5O/c1-18-11-9(5-15-18)12(20)19(17-16-11)6-7-4-8(14)2-3-10(7)13/h2-5H,6H2,1H3. The van der Waals surface area contributed by atoms with E-state index in [0.29, 0.717) is 21.6 Å². The topological polar surface area (TPSA) is 65.6 Å². The van der Waals surface area contributed by atoms with E-state index in [0.717, 1.165) is 4.68 Å². The van der Waals surface area contributed by atoms with E-state index in [1.54, 1.807) is 7.05 Å². The third-order valence-corrected chi connectivity index (χ3v) is 3.32. The molecule has 0 aliphatic carbocycles. The van der Waals surface area contributed by atoms with Gasteiger partial charge in [-0.1, -0.05) is 16.8 Å². The summed E-state index contributed by atoms with van der Waals surface area (Å²) in [4.78, 5) is 12.2. The number of rotatable bonds is 2. The molecule has 0 saturated heterocycles. The van der Waals surface area contributed by atoms with Crippen LogP contribution in [0.25, 0.3) is 11.0 Å². The van der Waals surface area contributed by atoms with Crippen molar-refractivity contribution < 1.29 is 4.39 Å². The lowest BCUT2D eigenvalue weighted by atomic mass is 10.2. The van der Waals surface area contributed by atoms with E-state index >= 15 is 0 Å². The summed E-state index contributed by atoms with van der Waals surface area (Å²) in [7, 11) is 1.67. The maximum absolute atomic E-state index is 13.2. The summed E-state index contributed by atoms with van der Waals surface area (Å²) in [5.74, 6) is -0.423. The number of aryl methyl sites for hydroxylation is 1. The first kappa shape index (κ1) is 12.7. The van der Waals surface area contributed by atoms with Gasteiger partial charge in [0, 0.05) is 12.1 Å². The molecular formula is C12H9ClFN5O. The number of benzene rings is 1. The van der Waals surface area contributed by atoms with Crippen LogP contribution in [0, 0.1) is 5.82 Å². The summed E-state index contributed by atoms with van der Waals surface area (Å²) in [6.45, 7) is 0.0489. The van der Waals surface area contributed by atoms with Crippen LogP contribution in [-0.2, 0) is 13.6 Å². The Balaban J connectivity index is 2.09. The maximum atomic E-state index is 13.2. The summed E-state index contributed by atoms with van der Waals surface area (Å²) in [6, 6.07) is 3.96. The van der Waals surface area contributed by atoms with Gasteiger partial charge in [0.2, 0.25) is 0 Å². The van der Waals surface area contributed by atoms with Crippen LogP contribution in [0.4, 0.5) is 4.39 Å². The highest BCUT2D eigenvalue weighted by molar-refractivity contribution is 6.31. The second kappa shape index (κ2) is 4.68. The number of nitrogens with zero attached hydrogens (tertiary/aromatic N) is 5. The first-order valence-corrected chi connectivity index (χ1v) is 6.13. The highest BCUT2D eigenvalue weighted by atomic mass is 35.5. The first-order valence-electron chi connectivity index (χ1n) is 5.75. The molecule has 0 saturated carbocycles. The number of hydrogen-bond donors (Lipinski definition) is 0. The molecule has 20 heavy (non-hydrogen) atoms. The lowest BCUT2D eigenvalue weighted by Crippen LogP contribution is -2.25. The summed E-state index contributed by atoms with van der Waals surface area (Å²) in [5.41, 5.74) is 0.520. The van der Waals surface area contributed by atoms with E-state index in [2.05, 4.69) is 15.4 Å². The van der Waals surface area contributed by atoms with Gasteiger partial charge in [-0.15, -0.1) is 5.10 Å². The lowest BCUT2D eigenvalue weighted by Gasteiger charge is -2.06. The zero-order valence-electron chi connectivity index (χ0n) is 10.4. The second-order valence-electron chi connectivity index (χ2n) is 4.29. The highest BCUT2D eigenvalue weighted by Gasteiger charge is 2.11. The highest BCUT2D eigenvalue weighted by Crippen LogP contribution is 2.17. The van der Waals surface area contributed by atoms with Crippen LogP contribution in [0.1, 0.15) is 5.56 Å². The Bertz CT molecular complexity index is 857. The van der Waals surface area contributed by atoms with Gasteiger partial charge in [0.15, 0.2) is 5.65 Å². The normalized spacial score (nSPS) is 11.2. The van der Waals surface area contributed by atoms with E-state index < -0.39 is 5.82 Å². The fraction of sp³-hybridized carbons (Fsp3) is 0.167.